The highest BCUT2D eigenvalue weighted by atomic mass is 79.9. The molecule has 0 radical (unpaired) electrons. The second-order valence-corrected chi connectivity index (χ2v) is 7.23. The van der Waals surface area contributed by atoms with Gasteiger partial charge in [-0.2, -0.15) is 13.2 Å². The molecule has 0 spiro atoms. The molecule has 3 unspecified atom stereocenters. The number of halogens is 4. The van der Waals surface area contributed by atoms with Gasteiger partial charge in [0.2, 0.25) is 0 Å². The Balaban J connectivity index is 1.82. The summed E-state index contributed by atoms with van der Waals surface area (Å²) in [6.45, 7) is 0.938. The van der Waals surface area contributed by atoms with Crippen LogP contribution in [0.3, 0.4) is 0 Å². The number of hydrogen-bond donors (Lipinski definition) is 1. The van der Waals surface area contributed by atoms with Crippen LogP contribution in [0.4, 0.5) is 13.2 Å². The molecule has 0 aromatic carbocycles. The Hall–Kier alpha value is -0.110. The van der Waals surface area contributed by atoms with Crippen molar-refractivity contribution in [2.24, 2.45) is 0 Å². The second kappa shape index (κ2) is 7.44. The molecule has 1 aliphatic carbocycles. The van der Waals surface area contributed by atoms with Crippen molar-refractivity contribution < 1.29 is 17.9 Å². The molecular weight excluding hydrogens is 367 g/mol. The summed E-state index contributed by atoms with van der Waals surface area (Å²) in [7, 11) is 0. The van der Waals surface area contributed by atoms with Crippen LogP contribution in [-0.2, 0) is 4.74 Å². The molecule has 21 heavy (non-hydrogen) atoms. The van der Waals surface area contributed by atoms with E-state index in [1.165, 1.54) is 4.88 Å². The molecule has 1 N–H and O–H groups in total. The average Bonchev–Trinajstić information content (AvgIpc) is 2.82. The third kappa shape index (κ3) is 5.54. The fraction of sp³-hybridized carbons (Fsp3) is 0.714. The van der Waals surface area contributed by atoms with E-state index in [9.17, 15) is 13.2 Å². The Kier molecular flexibility index (Phi) is 6.11. The van der Waals surface area contributed by atoms with Gasteiger partial charge in [-0.05, 0) is 60.0 Å². The summed E-state index contributed by atoms with van der Waals surface area (Å²) in [5.41, 5.74) is 0. The van der Waals surface area contributed by atoms with Crippen molar-refractivity contribution >= 4 is 27.3 Å². The van der Waals surface area contributed by atoms with Gasteiger partial charge in [-0.1, -0.05) is 0 Å². The van der Waals surface area contributed by atoms with Crippen LogP contribution in [0.5, 0.6) is 0 Å². The van der Waals surface area contributed by atoms with Gasteiger partial charge in [0.05, 0.1) is 6.10 Å². The lowest BCUT2D eigenvalue weighted by molar-refractivity contribution is -0.188. The Morgan fingerprint density at radius 2 is 2.24 bits per heavy atom. The maximum Gasteiger partial charge on any atom is 0.411 e. The van der Waals surface area contributed by atoms with E-state index in [0.29, 0.717) is 12.8 Å². The Morgan fingerprint density at radius 1 is 1.48 bits per heavy atom. The summed E-state index contributed by atoms with van der Waals surface area (Å²) in [6, 6.07) is 2.40. The molecule has 1 aromatic heterocycles. The second-order valence-electron chi connectivity index (χ2n) is 5.43. The molecule has 1 saturated carbocycles. The highest BCUT2D eigenvalue weighted by Gasteiger charge is 2.31. The van der Waals surface area contributed by atoms with Gasteiger partial charge in [0.15, 0.2) is 0 Å². The number of ether oxygens (including phenoxy) is 1. The van der Waals surface area contributed by atoms with Crippen LogP contribution in [0.1, 0.15) is 43.5 Å². The van der Waals surface area contributed by atoms with Crippen LogP contribution in [0, 0.1) is 0 Å². The first-order valence-corrected chi connectivity index (χ1v) is 8.69. The van der Waals surface area contributed by atoms with Crippen LogP contribution in [0.2, 0.25) is 0 Å². The summed E-state index contributed by atoms with van der Waals surface area (Å²) >= 11 is 5.18. The van der Waals surface area contributed by atoms with E-state index in [-0.39, 0.29) is 18.2 Å². The van der Waals surface area contributed by atoms with E-state index in [1.807, 2.05) is 11.4 Å². The van der Waals surface area contributed by atoms with Crippen LogP contribution in [-0.4, -0.2) is 24.9 Å². The standard InChI is InChI=1S/C14H19BrF3NOS/c1-9(13-12(15)5-6-21-13)19-10-3-2-4-11(7-10)20-8-14(16,17)18/h5-6,9-11,19H,2-4,7-8H2,1H3. The predicted octanol–water partition coefficient (Wildman–Crippen LogP) is 5.05. The molecule has 1 heterocycles. The predicted molar refractivity (Wildman–Crippen MR) is 81.6 cm³/mol. The SMILES string of the molecule is CC(NC1CCCC(OCC(F)(F)F)C1)c1sccc1Br. The van der Waals surface area contributed by atoms with E-state index in [1.54, 1.807) is 11.3 Å². The van der Waals surface area contributed by atoms with Crippen LogP contribution in [0.25, 0.3) is 0 Å². The number of hydrogen-bond acceptors (Lipinski definition) is 3. The van der Waals surface area contributed by atoms with Crippen molar-refractivity contribution in [2.75, 3.05) is 6.61 Å². The maximum absolute atomic E-state index is 12.2. The molecule has 7 heteroatoms. The number of alkyl halides is 3. The Morgan fingerprint density at radius 3 is 2.86 bits per heavy atom. The van der Waals surface area contributed by atoms with Gasteiger partial charge in [0, 0.05) is 21.4 Å². The molecule has 0 aliphatic heterocycles. The molecule has 1 aliphatic rings. The maximum atomic E-state index is 12.2. The molecule has 2 rings (SSSR count). The summed E-state index contributed by atoms with van der Waals surface area (Å²) in [4.78, 5) is 1.22. The lowest BCUT2D eigenvalue weighted by Gasteiger charge is -2.32. The zero-order valence-corrected chi connectivity index (χ0v) is 14.2. The Labute approximate surface area is 135 Å². The molecule has 0 amide bonds. The fourth-order valence-corrected chi connectivity index (χ4v) is 4.44. The lowest BCUT2D eigenvalue weighted by atomic mass is 9.92. The smallest absolute Gasteiger partial charge is 0.369 e. The summed E-state index contributed by atoms with van der Waals surface area (Å²) in [6.07, 6.45) is -1.29. The molecule has 3 atom stereocenters. The average molecular weight is 386 g/mol. The van der Waals surface area contributed by atoms with Gasteiger partial charge in [-0.25, -0.2) is 0 Å². The van der Waals surface area contributed by atoms with E-state index < -0.39 is 12.8 Å². The molecule has 2 nitrogen and oxygen atoms in total. The minimum atomic E-state index is -4.24. The van der Waals surface area contributed by atoms with E-state index >= 15 is 0 Å². The molecule has 0 bridgehead atoms. The van der Waals surface area contributed by atoms with Crippen LogP contribution >= 0.6 is 27.3 Å². The molecule has 120 valence electrons. The first-order valence-electron chi connectivity index (χ1n) is 7.02. The quantitative estimate of drug-likeness (QED) is 0.765. The third-order valence-electron chi connectivity index (χ3n) is 3.63. The topological polar surface area (TPSA) is 21.3 Å². The van der Waals surface area contributed by atoms with Crippen molar-refractivity contribution in [1.82, 2.24) is 5.32 Å². The van der Waals surface area contributed by atoms with Gasteiger partial charge < -0.3 is 10.1 Å². The first kappa shape index (κ1) is 17.2. The summed E-state index contributed by atoms with van der Waals surface area (Å²) in [5.74, 6) is 0. The zero-order chi connectivity index (χ0) is 15.5. The van der Waals surface area contributed by atoms with Crippen molar-refractivity contribution in [3.63, 3.8) is 0 Å². The molecule has 0 saturated heterocycles. The van der Waals surface area contributed by atoms with Crippen LogP contribution in [0.15, 0.2) is 15.9 Å². The number of rotatable bonds is 5. The first-order chi connectivity index (χ1) is 9.85. The van der Waals surface area contributed by atoms with E-state index in [2.05, 4.69) is 28.2 Å². The van der Waals surface area contributed by atoms with E-state index in [0.717, 1.165) is 17.3 Å². The summed E-state index contributed by atoms with van der Waals surface area (Å²) in [5, 5.41) is 5.53. The number of thiophene rings is 1. The minimum Gasteiger partial charge on any atom is -0.369 e. The monoisotopic (exact) mass is 385 g/mol. The lowest BCUT2D eigenvalue weighted by Crippen LogP contribution is -2.39. The zero-order valence-electron chi connectivity index (χ0n) is 11.8. The van der Waals surface area contributed by atoms with Crippen molar-refractivity contribution in [3.8, 4) is 0 Å². The molecule has 1 fully saturated rings. The largest absolute Gasteiger partial charge is 0.411 e. The fourth-order valence-electron chi connectivity index (χ4n) is 2.70. The third-order valence-corrected chi connectivity index (χ3v) is 5.69. The minimum absolute atomic E-state index is 0.186. The number of nitrogens with one attached hydrogen (secondary N) is 1. The van der Waals surface area contributed by atoms with E-state index in [4.69, 9.17) is 4.74 Å². The van der Waals surface area contributed by atoms with Gasteiger partial charge in [0.25, 0.3) is 0 Å². The highest BCUT2D eigenvalue weighted by Crippen LogP contribution is 2.31. The van der Waals surface area contributed by atoms with Crippen LogP contribution < -0.4 is 5.32 Å². The highest BCUT2D eigenvalue weighted by molar-refractivity contribution is 9.10. The van der Waals surface area contributed by atoms with Gasteiger partial charge in [-0.3, -0.25) is 0 Å². The normalized spacial score (nSPS) is 25.0. The van der Waals surface area contributed by atoms with Gasteiger partial charge in [-0.15, -0.1) is 11.3 Å². The molecular formula is C14H19BrF3NOS. The van der Waals surface area contributed by atoms with Crippen molar-refractivity contribution in [2.45, 2.75) is 57.0 Å². The Bertz CT molecular complexity index is 452. The van der Waals surface area contributed by atoms with Crippen molar-refractivity contribution in [3.05, 3.63) is 20.8 Å². The van der Waals surface area contributed by atoms with Gasteiger partial charge in [0.1, 0.15) is 6.61 Å². The van der Waals surface area contributed by atoms with Gasteiger partial charge >= 0.3 is 6.18 Å². The molecule has 1 aromatic rings. The summed E-state index contributed by atoms with van der Waals surface area (Å²) < 4.78 is 42.7. The van der Waals surface area contributed by atoms with Crippen molar-refractivity contribution in [1.29, 1.82) is 0 Å².